The summed E-state index contributed by atoms with van der Waals surface area (Å²) in [7, 11) is 0. The third-order valence-electron chi connectivity index (χ3n) is 4.11. The molecule has 2 aromatic rings. The summed E-state index contributed by atoms with van der Waals surface area (Å²) in [6, 6.07) is 9.19. The predicted molar refractivity (Wildman–Crippen MR) is 84.6 cm³/mol. The third kappa shape index (κ3) is 3.26. The molecule has 1 aliphatic heterocycles. The quantitative estimate of drug-likeness (QED) is 0.805. The Morgan fingerprint density at radius 1 is 1.23 bits per heavy atom. The van der Waals surface area contributed by atoms with E-state index in [0.717, 1.165) is 30.6 Å². The molecule has 0 amide bonds. The fourth-order valence-corrected chi connectivity index (χ4v) is 2.90. The zero-order valence-corrected chi connectivity index (χ0v) is 12.7. The van der Waals surface area contributed by atoms with Crippen molar-refractivity contribution < 1.29 is 10.2 Å². The summed E-state index contributed by atoms with van der Waals surface area (Å²) >= 11 is 0. The average Bonchev–Trinajstić information content (AvgIpc) is 2.49. The lowest BCUT2D eigenvalue weighted by atomic mass is 9.89. The van der Waals surface area contributed by atoms with E-state index in [0.29, 0.717) is 24.2 Å². The summed E-state index contributed by atoms with van der Waals surface area (Å²) in [6.45, 7) is 3.48. The van der Waals surface area contributed by atoms with Crippen molar-refractivity contribution in [1.29, 1.82) is 0 Å². The van der Waals surface area contributed by atoms with Gasteiger partial charge in [0.05, 0.1) is 17.0 Å². The Labute approximate surface area is 130 Å². The number of piperidine rings is 1. The van der Waals surface area contributed by atoms with E-state index >= 15 is 0 Å². The van der Waals surface area contributed by atoms with Gasteiger partial charge in [-0.3, -0.25) is 0 Å². The van der Waals surface area contributed by atoms with Crippen LogP contribution in [0.25, 0.3) is 11.3 Å². The van der Waals surface area contributed by atoms with Gasteiger partial charge in [-0.1, -0.05) is 6.07 Å². The number of aryl methyl sites for hydroxylation is 1. The van der Waals surface area contributed by atoms with Crippen molar-refractivity contribution in [2.75, 3.05) is 13.1 Å². The Morgan fingerprint density at radius 3 is 2.73 bits per heavy atom. The molecule has 1 aromatic carbocycles. The predicted octanol–water partition coefficient (Wildman–Crippen LogP) is 1.81. The molecule has 1 aliphatic rings. The van der Waals surface area contributed by atoms with Crippen LogP contribution in [0.3, 0.4) is 0 Å². The van der Waals surface area contributed by atoms with Crippen molar-refractivity contribution in [1.82, 2.24) is 15.5 Å². The maximum absolute atomic E-state index is 10.5. The van der Waals surface area contributed by atoms with Crippen LogP contribution < -0.4 is 5.32 Å². The SMILES string of the molecule is Cc1ccc(-c2ccc(CC3(O)CCCNC3)nn2)c(O)c1. The summed E-state index contributed by atoms with van der Waals surface area (Å²) in [5, 5.41) is 32.1. The highest BCUT2D eigenvalue weighted by Crippen LogP contribution is 2.28. The van der Waals surface area contributed by atoms with Crippen LogP contribution in [-0.4, -0.2) is 39.1 Å². The fraction of sp³-hybridized carbons (Fsp3) is 0.412. The highest BCUT2D eigenvalue weighted by atomic mass is 16.3. The van der Waals surface area contributed by atoms with E-state index in [-0.39, 0.29) is 5.75 Å². The second-order valence-electron chi connectivity index (χ2n) is 6.11. The molecule has 0 saturated carbocycles. The second-order valence-corrected chi connectivity index (χ2v) is 6.11. The molecule has 5 nitrogen and oxygen atoms in total. The van der Waals surface area contributed by atoms with Crippen LogP contribution in [0.15, 0.2) is 30.3 Å². The highest BCUT2D eigenvalue weighted by molar-refractivity contribution is 5.66. The average molecular weight is 299 g/mol. The van der Waals surface area contributed by atoms with Gasteiger partial charge in [-0.15, -0.1) is 0 Å². The molecule has 1 fully saturated rings. The van der Waals surface area contributed by atoms with E-state index < -0.39 is 5.60 Å². The topological polar surface area (TPSA) is 78.3 Å². The Hall–Kier alpha value is -1.98. The number of nitrogens with one attached hydrogen (secondary N) is 1. The van der Waals surface area contributed by atoms with E-state index in [1.807, 2.05) is 31.2 Å². The number of phenolic OH excluding ortho intramolecular Hbond substituents is 1. The van der Waals surface area contributed by atoms with E-state index in [2.05, 4.69) is 15.5 Å². The molecule has 3 rings (SSSR count). The first-order chi connectivity index (χ1) is 10.6. The second kappa shape index (κ2) is 6.02. The van der Waals surface area contributed by atoms with E-state index in [1.165, 1.54) is 0 Å². The molecule has 5 heteroatoms. The van der Waals surface area contributed by atoms with Crippen molar-refractivity contribution in [3.05, 3.63) is 41.6 Å². The summed E-state index contributed by atoms with van der Waals surface area (Å²) in [6.07, 6.45) is 2.24. The Kier molecular flexibility index (Phi) is 4.09. The van der Waals surface area contributed by atoms with Gasteiger partial charge in [0, 0.05) is 18.5 Å². The van der Waals surface area contributed by atoms with Gasteiger partial charge >= 0.3 is 0 Å². The first kappa shape index (κ1) is 14.9. The molecule has 2 heterocycles. The standard InChI is InChI=1S/C17H21N3O2/c1-12-3-5-14(16(21)9-12)15-6-4-13(19-20-15)10-17(22)7-2-8-18-11-17/h3-6,9,18,21-22H,2,7-8,10-11H2,1H3. The third-order valence-corrected chi connectivity index (χ3v) is 4.11. The lowest BCUT2D eigenvalue weighted by Gasteiger charge is -2.32. The van der Waals surface area contributed by atoms with Gasteiger partial charge in [0.1, 0.15) is 5.75 Å². The first-order valence-corrected chi connectivity index (χ1v) is 7.61. The van der Waals surface area contributed by atoms with Crippen molar-refractivity contribution in [2.45, 2.75) is 31.8 Å². The van der Waals surface area contributed by atoms with E-state index in [4.69, 9.17) is 0 Å². The molecule has 0 spiro atoms. The zero-order chi connectivity index (χ0) is 15.6. The summed E-state index contributed by atoms with van der Waals surface area (Å²) in [5.41, 5.74) is 2.33. The summed E-state index contributed by atoms with van der Waals surface area (Å²) in [5.74, 6) is 0.206. The van der Waals surface area contributed by atoms with Crippen LogP contribution in [0.2, 0.25) is 0 Å². The number of aliphatic hydroxyl groups is 1. The molecule has 0 aliphatic carbocycles. The van der Waals surface area contributed by atoms with Crippen molar-refractivity contribution >= 4 is 0 Å². The molecule has 1 atom stereocenters. The number of rotatable bonds is 3. The first-order valence-electron chi connectivity index (χ1n) is 7.61. The van der Waals surface area contributed by atoms with Crippen LogP contribution in [0, 0.1) is 6.92 Å². The lowest BCUT2D eigenvalue weighted by molar-refractivity contribution is 0.0159. The molecule has 1 aromatic heterocycles. The van der Waals surface area contributed by atoms with Crippen LogP contribution in [0.5, 0.6) is 5.75 Å². The normalized spacial score (nSPS) is 21.7. The molecule has 0 radical (unpaired) electrons. The van der Waals surface area contributed by atoms with Gasteiger partial charge in [0.15, 0.2) is 0 Å². The van der Waals surface area contributed by atoms with Gasteiger partial charge < -0.3 is 15.5 Å². The zero-order valence-electron chi connectivity index (χ0n) is 12.7. The number of aromatic nitrogens is 2. The van der Waals surface area contributed by atoms with Crippen molar-refractivity contribution in [2.24, 2.45) is 0 Å². The molecule has 1 unspecified atom stereocenters. The number of benzene rings is 1. The number of phenols is 1. The number of aromatic hydroxyl groups is 1. The number of hydrogen-bond acceptors (Lipinski definition) is 5. The van der Waals surface area contributed by atoms with Crippen LogP contribution in [0.4, 0.5) is 0 Å². The van der Waals surface area contributed by atoms with Gasteiger partial charge in [-0.25, -0.2) is 0 Å². The van der Waals surface area contributed by atoms with Gasteiger partial charge in [0.25, 0.3) is 0 Å². The number of β-amino-alcohol motifs (C(OH)–C–C–N with tert-alkyl or cyclic N) is 1. The molecule has 22 heavy (non-hydrogen) atoms. The van der Waals surface area contributed by atoms with Crippen LogP contribution in [-0.2, 0) is 6.42 Å². The van der Waals surface area contributed by atoms with Gasteiger partial charge in [0.2, 0.25) is 0 Å². The maximum atomic E-state index is 10.5. The van der Waals surface area contributed by atoms with Gasteiger partial charge in [-0.05, 0) is 56.1 Å². The minimum absolute atomic E-state index is 0.206. The monoisotopic (exact) mass is 299 g/mol. The van der Waals surface area contributed by atoms with E-state index in [1.54, 1.807) is 6.07 Å². The van der Waals surface area contributed by atoms with E-state index in [9.17, 15) is 10.2 Å². The fourth-order valence-electron chi connectivity index (χ4n) is 2.90. The Morgan fingerprint density at radius 2 is 2.09 bits per heavy atom. The minimum Gasteiger partial charge on any atom is -0.507 e. The molecular formula is C17H21N3O2. The maximum Gasteiger partial charge on any atom is 0.125 e. The number of nitrogens with zero attached hydrogens (tertiary/aromatic N) is 2. The smallest absolute Gasteiger partial charge is 0.125 e. The summed E-state index contributed by atoms with van der Waals surface area (Å²) in [4.78, 5) is 0. The molecular weight excluding hydrogens is 278 g/mol. The number of hydrogen-bond donors (Lipinski definition) is 3. The van der Waals surface area contributed by atoms with Crippen molar-refractivity contribution in [3.63, 3.8) is 0 Å². The minimum atomic E-state index is -0.736. The Balaban J connectivity index is 1.77. The van der Waals surface area contributed by atoms with Crippen LogP contribution >= 0.6 is 0 Å². The largest absolute Gasteiger partial charge is 0.507 e. The van der Waals surface area contributed by atoms with Crippen LogP contribution in [0.1, 0.15) is 24.1 Å². The van der Waals surface area contributed by atoms with Gasteiger partial charge in [-0.2, -0.15) is 10.2 Å². The Bertz CT molecular complexity index is 649. The molecule has 116 valence electrons. The lowest BCUT2D eigenvalue weighted by Crippen LogP contribution is -2.47. The summed E-state index contributed by atoms with van der Waals surface area (Å²) < 4.78 is 0. The molecule has 0 bridgehead atoms. The van der Waals surface area contributed by atoms with Crippen molar-refractivity contribution in [3.8, 4) is 17.0 Å². The highest BCUT2D eigenvalue weighted by Gasteiger charge is 2.29. The molecule has 3 N–H and O–H groups in total. The molecule has 1 saturated heterocycles.